The van der Waals surface area contributed by atoms with Crippen molar-refractivity contribution in [2.45, 2.75) is 6.10 Å². The average molecular weight is 369 g/mol. The number of primary amides is 1. The highest BCUT2D eigenvalue weighted by Crippen LogP contribution is 2.18. The molecule has 0 aliphatic carbocycles. The molecule has 0 fully saturated rings. The number of rotatable bonds is 6. The molecule has 0 saturated heterocycles. The maximum atomic E-state index is 12.9. The Morgan fingerprint density at radius 3 is 2.26 bits per heavy atom. The van der Waals surface area contributed by atoms with Gasteiger partial charge in [-0.2, -0.15) is 5.26 Å². The van der Waals surface area contributed by atoms with Crippen molar-refractivity contribution in [3.63, 3.8) is 0 Å². The van der Waals surface area contributed by atoms with Crippen molar-refractivity contribution < 1.29 is 23.5 Å². The Labute approximate surface area is 154 Å². The summed E-state index contributed by atoms with van der Waals surface area (Å²) in [4.78, 5) is 37.0. The topological polar surface area (TPSA) is 113 Å². The SMILES string of the molecule is CN(CC(=O)OC(C(N)=O)c1ccc(C#N)cc1)C(=O)c1ccc(F)cc1. The molecule has 2 amide bonds. The quantitative estimate of drug-likeness (QED) is 0.776. The summed E-state index contributed by atoms with van der Waals surface area (Å²) < 4.78 is 18.0. The molecule has 8 heteroatoms. The van der Waals surface area contributed by atoms with E-state index in [1.54, 1.807) is 0 Å². The first-order chi connectivity index (χ1) is 12.8. The molecule has 2 aromatic carbocycles. The van der Waals surface area contributed by atoms with Gasteiger partial charge >= 0.3 is 5.97 Å². The summed E-state index contributed by atoms with van der Waals surface area (Å²) in [6.07, 6.45) is -1.35. The summed E-state index contributed by atoms with van der Waals surface area (Å²) in [6.45, 7) is -0.434. The van der Waals surface area contributed by atoms with Gasteiger partial charge in [-0.15, -0.1) is 0 Å². The second kappa shape index (κ2) is 8.58. The number of nitriles is 1. The molecule has 2 N–H and O–H groups in total. The summed E-state index contributed by atoms with van der Waals surface area (Å²) in [7, 11) is 1.37. The van der Waals surface area contributed by atoms with Gasteiger partial charge in [0, 0.05) is 18.2 Å². The van der Waals surface area contributed by atoms with E-state index < -0.39 is 36.2 Å². The third-order valence-electron chi connectivity index (χ3n) is 3.65. The van der Waals surface area contributed by atoms with E-state index in [4.69, 9.17) is 15.7 Å². The van der Waals surface area contributed by atoms with Gasteiger partial charge in [-0.1, -0.05) is 12.1 Å². The predicted octanol–water partition coefficient (Wildman–Crippen LogP) is 1.54. The summed E-state index contributed by atoms with van der Waals surface area (Å²) >= 11 is 0. The standard InChI is InChI=1S/C19H16FN3O4/c1-23(19(26)14-6-8-15(20)9-7-14)11-16(24)27-17(18(22)25)13-4-2-12(10-21)3-5-13/h2-9,17H,11H2,1H3,(H2,22,25). The Morgan fingerprint density at radius 2 is 1.74 bits per heavy atom. The van der Waals surface area contributed by atoms with E-state index in [1.165, 1.54) is 43.4 Å². The largest absolute Gasteiger partial charge is 0.446 e. The molecule has 2 aromatic rings. The van der Waals surface area contributed by atoms with Crippen LogP contribution >= 0.6 is 0 Å². The van der Waals surface area contributed by atoms with Crippen molar-refractivity contribution in [1.29, 1.82) is 5.26 Å². The van der Waals surface area contributed by atoms with Crippen LogP contribution in [0, 0.1) is 17.1 Å². The second-order valence-electron chi connectivity index (χ2n) is 5.67. The molecule has 0 saturated carbocycles. The molecule has 0 bridgehead atoms. The minimum atomic E-state index is -1.35. The van der Waals surface area contributed by atoms with Crippen LogP contribution in [-0.4, -0.2) is 36.3 Å². The van der Waals surface area contributed by atoms with E-state index in [9.17, 15) is 18.8 Å². The number of nitrogens with zero attached hydrogens (tertiary/aromatic N) is 2. The Balaban J connectivity index is 2.04. The lowest BCUT2D eigenvalue weighted by molar-refractivity contribution is -0.155. The number of benzene rings is 2. The first kappa shape index (κ1) is 19.6. The number of nitrogens with two attached hydrogens (primary N) is 1. The van der Waals surface area contributed by atoms with E-state index in [0.29, 0.717) is 11.1 Å². The number of hydrogen-bond acceptors (Lipinski definition) is 5. The monoisotopic (exact) mass is 369 g/mol. The van der Waals surface area contributed by atoms with Crippen LogP contribution in [-0.2, 0) is 14.3 Å². The first-order valence-electron chi connectivity index (χ1n) is 7.81. The van der Waals surface area contributed by atoms with Crippen LogP contribution in [0.1, 0.15) is 27.6 Å². The van der Waals surface area contributed by atoms with Gasteiger partial charge in [0.2, 0.25) is 6.10 Å². The molecule has 27 heavy (non-hydrogen) atoms. The number of amides is 2. The third-order valence-corrected chi connectivity index (χ3v) is 3.65. The van der Waals surface area contributed by atoms with Crippen LogP contribution in [0.15, 0.2) is 48.5 Å². The number of carbonyl (C=O) groups excluding carboxylic acids is 3. The molecule has 138 valence electrons. The van der Waals surface area contributed by atoms with Gasteiger partial charge in [0.05, 0.1) is 11.6 Å². The van der Waals surface area contributed by atoms with Crippen molar-refractivity contribution >= 4 is 17.8 Å². The van der Waals surface area contributed by atoms with Crippen LogP contribution < -0.4 is 5.73 Å². The molecule has 0 aliphatic rings. The summed E-state index contributed by atoms with van der Waals surface area (Å²) in [5.41, 5.74) is 6.17. The van der Waals surface area contributed by atoms with E-state index in [0.717, 1.165) is 17.0 Å². The number of carbonyl (C=O) groups is 3. The smallest absolute Gasteiger partial charge is 0.326 e. The zero-order valence-electron chi connectivity index (χ0n) is 14.4. The highest BCUT2D eigenvalue weighted by molar-refractivity contribution is 5.96. The molecule has 2 rings (SSSR count). The van der Waals surface area contributed by atoms with Gasteiger partial charge in [0.15, 0.2) is 0 Å². The summed E-state index contributed by atoms with van der Waals surface area (Å²) in [6, 6.07) is 12.6. The Morgan fingerprint density at radius 1 is 1.15 bits per heavy atom. The van der Waals surface area contributed by atoms with Crippen molar-refractivity contribution in [3.05, 3.63) is 71.0 Å². The fourth-order valence-electron chi connectivity index (χ4n) is 2.27. The molecular weight excluding hydrogens is 353 g/mol. The van der Waals surface area contributed by atoms with Crippen molar-refractivity contribution in [2.75, 3.05) is 13.6 Å². The van der Waals surface area contributed by atoms with Gasteiger partial charge in [0.25, 0.3) is 11.8 Å². The highest BCUT2D eigenvalue weighted by atomic mass is 19.1. The molecular formula is C19H16FN3O4. The van der Waals surface area contributed by atoms with Gasteiger partial charge < -0.3 is 15.4 Å². The van der Waals surface area contributed by atoms with Crippen LogP contribution in [0.25, 0.3) is 0 Å². The Bertz CT molecular complexity index is 889. The molecule has 0 aliphatic heterocycles. The zero-order valence-corrected chi connectivity index (χ0v) is 14.4. The average Bonchev–Trinajstić information content (AvgIpc) is 2.66. The van der Waals surface area contributed by atoms with Gasteiger partial charge in [0.1, 0.15) is 12.4 Å². The van der Waals surface area contributed by atoms with E-state index >= 15 is 0 Å². The number of likely N-dealkylation sites (N-methyl/N-ethyl adjacent to an activating group) is 1. The lowest BCUT2D eigenvalue weighted by Gasteiger charge is -2.19. The van der Waals surface area contributed by atoms with Gasteiger partial charge in [-0.05, 0) is 36.4 Å². The van der Waals surface area contributed by atoms with Crippen LogP contribution in [0.3, 0.4) is 0 Å². The second-order valence-corrected chi connectivity index (χ2v) is 5.67. The third kappa shape index (κ3) is 5.12. The first-order valence-corrected chi connectivity index (χ1v) is 7.81. The van der Waals surface area contributed by atoms with Crippen LogP contribution in [0.5, 0.6) is 0 Å². The predicted molar refractivity (Wildman–Crippen MR) is 92.5 cm³/mol. The zero-order chi connectivity index (χ0) is 20.0. The number of hydrogen-bond donors (Lipinski definition) is 1. The number of ether oxygens (including phenoxy) is 1. The van der Waals surface area contributed by atoms with E-state index in [2.05, 4.69) is 0 Å². The molecule has 1 unspecified atom stereocenters. The summed E-state index contributed by atoms with van der Waals surface area (Å²) in [5, 5.41) is 8.80. The molecule has 0 heterocycles. The Kier molecular flexibility index (Phi) is 6.23. The molecule has 0 aromatic heterocycles. The maximum absolute atomic E-state index is 12.9. The minimum Gasteiger partial charge on any atom is -0.446 e. The lowest BCUT2D eigenvalue weighted by atomic mass is 10.1. The molecule has 7 nitrogen and oxygen atoms in total. The van der Waals surface area contributed by atoms with E-state index in [1.807, 2.05) is 6.07 Å². The molecule has 0 radical (unpaired) electrons. The van der Waals surface area contributed by atoms with Crippen molar-refractivity contribution in [1.82, 2.24) is 4.90 Å². The number of halogens is 1. The van der Waals surface area contributed by atoms with Crippen molar-refractivity contribution in [3.8, 4) is 6.07 Å². The molecule has 1 atom stereocenters. The van der Waals surface area contributed by atoms with Crippen LogP contribution in [0.2, 0.25) is 0 Å². The van der Waals surface area contributed by atoms with Gasteiger partial charge in [-0.25, -0.2) is 4.39 Å². The summed E-state index contributed by atoms with van der Waals surface area (Å²) in [5.74, 6) is -2.73. The number of esters is 1. The minimum absolute atomic E-state index is 0.199. The van der Waals surface area contributed by atoms with E-state index in [-0.39, 0.29) is 5.56 Å². The van der Waals surface area contributed by atoms with Crippen LogP contribution in [0.4, 0.5) is 4.39 Å². The fraction of sp³-hybridized carbons (Fsp3) is 0.158. The van der Waals surface area contributed by atoms with Gasteiger partial charge in [-0.3, -0.25) is 14.4 Å². The normalized spacial score (nSPS) is 11.1. The van der Waals surface area contributed by atoms with Crippen molar-refractivity contribution in [2.24, 2.45) is 5.73 Å². The fourth-order valence-corrected chi connectivity index (χ4v) is 2.27. The maximum Gasteiger partial charge on any atom is 0.326 e. The lowest BCUT2D eigenvalue weighted by Crippen LogP contribution is -2.35. The highest BCUT2D eigenvalue weighted by Gasteiger charge is 2.24. The Hall–Kier alpha value is -3.73. The molecule has 0 spiro atoms.